The molecule has 0 spiro atoms. The molecule has 1 aromatic carbocycles. The van der Waals surface area contributed by atoms with Crippen molar-refractivity contribution in [2.45, 2.75) is 19.0 Å². The second-order valence-corrected chi connectivity index (χ2v) is 7.92. The van der Waals surface area contributed by atoms with Crippen LogP contribution in [0.5, 0.6) is 0 Å². The molecule has 0 aliphatic carbocycles. The van der Waals surface area contributed by atoms with E-state index in [0.29, 0.717) is 6.04 Å². The summed E-state index contributed by atoms with van der Waals surface area (Å²) in [7, 11) is 0. The van der Waals surface area contributed by atoms with Crippen molar-refractivity contribution in [1.29, 1.82) is 0 Å². The summed E-state index contributed by atoms with van der Waals surface area (Å²) in [4.78, 5) is 5.52. The first-order valence-electron chi connectivity index (χ1n) is 7.40. The van der Waals surface area contributed by atoms with E-state index in [2.05, 4.69) is 46.0 Å². The minimum atomic E-state index is 0. The average molecular weight is 382 g/mol. The second kappa shape index (κ2) is 7.37. The summed E-state index contributed by atoms with van der Waals surface area (Å²) < 4.78 is 0. The van der Waals surface area contributed by atoms with Crippen LogP contribution in [0.25, 0.3) is 0 Å². The van der Waals surface area contributed by atoms with Crippen LogP contribution in [0.3, 0.4) is 0 Å². The minimum Gasteiger partial charge on any atom is -0.287 e. The molecule has 0 saturated heterocycles. The van der Waals surface area contributed by atoms with Gasteiger partial charge in [-0.05, 0) is 46.5 Å². The van der Waals surface area contributed by atoms with Gasteiger partial charge in [0.15, 0.2) is 0 Å². The monoisotopic (exact) mass is 381 g/mol. The standard InChI is InChI=1S/C18H16ClNS2.ClH/c19-15-5-2-1-4-13(15)12-20-9-7-16-14(8-11-22-16)18(20)17-6-3-10-21-17;/h1-6,8,10-11,18H,7,9,12H2;1H. The highest BCUT2D eigenvalue weighted by Crippen LogP contribution is 2.40. The molecule has 0 radical (unpaired) electrons. The van der Waals surface area contributed by atoms with Gasteiger partial charge in [0.05, 0.1) is 6.04 Å². The van der Waals surface area contributed by atoms with E-state index in [-0.39, 0.29) is 12.4 Å². The van der Waals surface area contributed by atoms with E-state index in [9.17, 15) is 0 Å². The van der Waals surface area contributed by atoms with Crippen LogP contribution < -0.4 is 0 Å². The summed E-state index contributed by atoms with van der Waals surface area (Å²) in [5.74, 6) is 0. The van der Waals surface area contributed by atoms with Gasteiger partial charge in [0.1, 0.15) is 0 Å². The van der Waals surface area contributed by atoms with Crippen LogP contribution in [0.4, 0.5) is 0 Å². The van der Waals surface area contributed by atoms with Crippen molar-refractivity contribution in [3.8, 4) is 0 Å². The third-order valence-corrected chi connectivity index (χ3v) is 6.50. The summed E-state index contributed by atoms with van der Waals surface area (Å²) in [6, 6.07) is 15.2. The van der Waals surface area contributed by atoms with Gasteiger partial charge in [0.25, 0.3) is 0 Å². The maximum atomic E-state index is 6.37. The SMILES string of the molecule is Cl.Clc1ccccc1CN1CCc2sccc2C1c1cccs1. The Balaban J connectivity index is 0.00000156. The number of rotatable bonds is 3. The van der Waals surface area contributed by atoms with Gasteiger partial charge in [0.2, 0.25) is 0 Å². The number of hydrogen-bond donors (Lipinski definition) is 0. The lowest BCUT2D eigenvalue weighted by Crippen LogP contribution is -2.34. The lowest BCUT2D eigenvalue weighted by molar-refractivity contribution is 0.209. The zero-order chi connectivity index (χ0) is 14.9. The Hall–Kier alpha value is -0.840. The number of fused-ring (bicyclic) bond motifs is 1. The van der Waals surface area contributed by atoms with E-state index < -0.39 is 0 Å². The van der Waals surface area contributed by atoms with Gasteiger partial charge in [-0.25, -0.2) is 0 Å². The molecule has 1 aliphatic heterocycles. The summed E-state index contributed by atoms with van der Waals surface area (Å²) >= 11 is 10.1. The van der Waals surface area contributed by atoms with Gasteiger partial charge in [-0.15, -0.1) is 35.1 Å². The molecule has 3 aromatic rings. The van der Waals surface area contributed by atoms with Crippen molar-refractivity contribution in [1.82, 2.24) is 4.90 Å². The maximum Gasteiger partial charge on any atom is 0.0709 e. The van der Waals surface area contributed by atoms with Crippen LogP contribution in [0.15, 0.2) is 53.2 Å². The van der Waals surface area contributed by atoms with Crippen molar-refractivity contribution < 1.29 is 0 Å². The molecule has 0 N–H and O–H groups in total. The molecule has 1 aliphatic rings. The van der Waals surface area contributed by atoms with Crippen LogP contribution in [0.2, 0.25) is 5.02 Å². The van der Waals surface area contributed by atoms with Crippen molar-refractivity contribution in [3.05, 3.63) is 79.1 Å². The summed E-state index contributed by atoms with van der Waals surface area (Å²) in [6.45, 7) is 1.98. The van der Waals surface area contributed by atoms with Gasteiger partial charge < -0.3 is 0 Å². The van der Waals surface area contributed by atoms with E-state index in [1.54, 1.807) is 0 Å². The Morgan fingerprint density at radius 2 is 1.91 bits per heavy atom. The Morgan fingerprint density at radius 3 is 2.70 bits per heavy atom. The molecular weight excluding hydrogens is 365 g/mol. The normalized spacial score (nSPS) is 17.5. The first-order chi connectivity index (χ1) is 10.8. The van der Waals surface area contributed by atoms with E-state index in [4.69, 9.17) is 11.6 Å². The van der Waals surface area contributed by atoms with Gasteiger partial charge >= 0.3 is 0 Å². The molecule has 0 fully saturated rings. The van der Waals surface area contributed by atoms with Crippen LogP contribution in [-0.2, 0) is 13.0 Å². The molecule has 0 bridgehead atoms. The summed E-state index contributed by atoms with van der Waals surface area (Å²) in [6.07, 6.45) is 1.14. The van der Waals surface area contributed by atoms with Crippen LogP contribution in [0.1, 0.15) is 26.9 Å². The quantitative estimate of drug-likeness (QED) is 0.534. The fourth-order valence-corrected chi connectivity index (χ4v) is 5.14. The lowest BCUT2D eigenvalue weighted by Gasteiger charge is -2.35. The van der Waals surface area contributed by atoms with Gasteiger partial charge in [0, 0.05) is 27.9 Å². The summed E-state index contributed by atoms with van der Waals surface area (Å²) in [5.41, 5.74) is 2.69. The number of benzene rings is 1. The zero-order valence-corrected chi connectivity index (χ0v) is 15.7. The van der Waals surface area contributed by atoms with E-state index >= 15 is 0 Å². The third-order valence-electron chi connectivity index (χ3n) is 4.21. The Morgan fingerprint density at radius 1 is 1.04 bits per heavy atom. The molecule has 4 rings (SSSR count). The lowest BCUT2D eigenvalue weighted by atomic mass is 9.98. The largest absolute Gasteiger partial charge is 0.287 e. The van der Waals surface area contributed by atoms with Crippen LogP contribution >= 0.6 is 46.7 Å². The second-order valence-electron chi connectivity index (χ2n) is 5.53. The molecule has 120 valence electrons. The first-order valence-corrected chi connectivity index (χ1v) is 9.54. The number of nitrogens with zero attached hydrogens (tertiary/aromatic N) is 1. The highest BCUT2D eigenvalue weighted by atomic mass is 35.5. The maximum absolute atomic E-state index is 6.37. The molecule has 3 heterocycles. The molecule has 1 nitrogen and oxygen atoms in total. The van der Waals surface area contributed by atoms with Gasteiger partial charge in [-0.1, -0.05) is 35.9 Å². The van der Waals surface area contributed by atoms with Crippen molar-refractivity contribution in [2.75, 3.05) is 6.54 Å². The number of hydrogen-bond acceptors (Lipinski definition) is 3. The molecule has 5 heteroatoms. The highest BCUT2D eigenvalue weighted by Gasteiger charge is 2.30. The predicted octanol–water partition coefficient (Wildman–Crippen LogP) is 6.03. The van der Waals surface area contributed by atoms with Crippen molar-refractivity contribution in [2.24, 2.45) is 0 Å². The minimum absolute atomic E-state index is 0. The van der Waals surface area contributed by atoms with Crippen molar-refractivity contribution >= 4 is 46.7 Å². The van der Waals surface area contributed by atoms with Gasteiger partial charge in [-0.3, -0.25) is 4.90 Å². The topological polar surface area (TPSA) is 3.24 Å². The Kier molecular flexibility index (Phi) is 5.45. The van der Waals surface area contributed by atoms with E-state index in [1.807, 2.05) is 34.8 Å². The number of halogens is 2. The predicted molar refractivity (Wildman–Crippen MR) is 103 cm³/mol. The molecule has 0 amide bonds. The first kappa shape index (κ1) is 17.0. The smallest absolute Gasteiger partial charge is 0.0709 e. The zero-order valence-electron chi connectivity index (χ0n) is 12.4. The average Bonchev–Trinajstić information content (AvgIpc) is 3.20. The third kappa shape index (κ3) is 3.35. The van der Waals surface area contributed by atoms with Gasteiger partial charge in [-0.2, -0.15) is 0 Å². The molecule has 23 heavy (non-hydrogen) atoms. The fourth-order valence-electron chi connectivity index (χ4n) is 3.16. The fraction of sp³-hybridized carbons (Fsp3) is 0.222. The van der Waals surface area contributed by atoms with Crippen molar-refractivity contribution in [3.63, 3.8) is 0 Å². The molecule has 1 unspecified atom stereocenters. The molecular formula is C18H17Cl2NS2. The summed E-state index contributed by atoms with van der Waals surface area (Å²) in [5, 5.41) is 5.26. The molecule has 0 saturated carbocycles. The van der Waals surface area contributed by atoms with Crippen LogP contribution in [0, 0.1) is 0 Å². The molecule has 1 atom stereocenters. The van der Waals surface area contributed by atoms with E-state index in [1.165, 1.54) is 20.9 Å². The highest BCUT2D eigenvalue weighted by molar-refractivity contribution is 7.10. The van der Waals surface area contributed by atoms with Crippen LogP contribution in [-0.4, -0.2) is 11.4 Å². The Labute approximate surface area is 155 Å². The van der Waals surface area contributed by atoms with E-state index in [0.717, 1.165) is 24.5 Å². The number of thiophene rings is 2. The Bertz CT molecular complexity index is 767. The molecule has 2 aromatic heterocycles.